The minimum absolute atomic E-state index is 0.256. The van der Waals surface area contributed by atoms with Crippen LogP contribution in [0.4, 0.5) is 0 Å². The Bertz CT molecular complexity index is 725. The number of hydrogen-bond donors (Lipinski definition) is 1. The van der Waals surface area contributed by atoms with Gasteiger partial charge in [0.2, 0.25) is 0 Å². The summed E-state index contributed by atoms with van der Waals surface area (Å²) in [6.07, 6.45) is 0. The van der Waals surface area contributed by atoms with E-state index in [1.807, 2.05) is 31.2 Å². The van der Waals surface area contributed by atoms with Crippen molar-refractivity contribution in [1.82, 2.24) is 9.55 Å². The number of aromatic nitrogens is 2. The standard InChI is InChI=1S/C15H17N3O2S/c1-10-8-11(2)18(15(19)17-10)6-7-20-13-5-3-4-12(9-13)14(16)21/h3-5,8-9H,6-7H2,1-2H3,(H2,16,21). The molecule has 0 saturated heterocycles. The minimum atomic E-state index is -0.256. The fraction of sp³-hybridized carbons (Fsp3) is 0.267. The van der Waals surface area contributed by atoms with Gasteiger partial charge in [0.25, 0.3) is 0 Å². The van der Waals surface area contributed by atoms with Crippen molar-refractivity contribution in [2.75, 3.05) is 6.61 Å². The lowest BCUT2D eigenvalue weighted by atomic mass is 10.2. The second kappa shape index (κ2) is 6.49. The molecule has 1 heterocycles. The molecule has 1 aromatic heterocycles. The van der Waals surface area contributed by atoms with Crippen molar-refractivity contribution in [3.8, 4) is 5.75 Å². The van der Waals surface area contributed by atoms with E-state index in [0.29, 0.717) is 23.9 Å². The third-order valence-electron chi connectivity index (χ3n) is 3.05. The van der Waals surface area contributed by atoms with E-state index in [9.17, 15) is 4.79 Å². The molecule has 0 fully saturated rings. The van der Waals surface area contributed by atoms with E-state index in [4.69, 9.17) is 22.7 Å². The van der Waals surface area contributed by atoms with Crippen molar-refractivity contribution in [3.63, 3.8) is 0 Å². The predicted molar refractivity (Wildman–Crippen MR) is 85.8 cm³/mol. The van der Waals surface area contributed by atoms with Crippen molar-refractivity contribution in [3.05, 3.63) is 57.8 Å². The Balaban J connectivity index is 2.04. The van der Waals surface area contributed by atoms with E-state index >= 15 is 0 Å². The number of rotatable bonds is 5. The molecule has 0 aliphatic heterocycles. The van der Waals surface area contributed by atoms with Crippen molar-refractivity contribution in [2.45, 2.75) is 20.4 Å². The van der Waals surface area contributed by atoms with Gasteiger partial charge in [-0.1, -0.05) is 24.4 Å². The normalized spacial score (nSPS) is 10.4. The highest BCUT2D eigenvalue weighted by atomic mass is 32.1. The van der Waals surface area contributed by atoms with Gasteiger partial charge in [0.15, 0.2) is 0 Å². The summed E-state index contributed by atoms with van der Waals surface area (Å²) >= 11 is 4.93. The summed E-state index contributed by atoms with van der Waals surface area (Å²) in [5.41, 5.74) is 7.67. The number of aryl methyl sites for hydroxylation is 2. The first kappa shape index (κ1) is 15.2. The van der Waals surface area contributed by atoms with Crippen molar-refractivity contribution in [1.29, 1.82) is 0 Å². The summed E-state index contributed by atoms with van der Waals surface area (Å²) in [5.74, 6) is 0.672. The van der Waals surface area contributed by atoms with Crippen LogP contribution >= 0.6 is 12.2 Å². The summed E-state index contributed by atoms with van der Waals surface area (Å²) in [7, 11) is 0. The van der Waals surface area contributed by atoms with Crippen LogP contribution in [0, 0.1) is 13.8 Å². The van der Waals surface area contributed by atoms with E-state index in [1.54, 1.807) is 17.6 Å². The summed E-state index contributed by atoms with van der Waals surface area (Å²) in [6.45, 7) is 4.49. The molecule has 0 aliphatic rings. The van der Waals surface area contributed by atoms with Crippen molar-refractivity contribution >= 4 is 17.2 Å². The number of nitrogens with zero attached hydrogens (tertiary/aromatic N) is 2. The van der Waals surface area contributed by atoms with Crippen LogP contribution < -0.4 is 16.2 Å². The van der Waals surface area contributed by atoms with Crippen LogP contribution in [-0.2, 0) is 6.54 Å². The molecule has 0 saturated carbocycles. The van der Waals surface area contributed by atoms with E-state index in [2.05, 4.69) is 4.98 Å². The van der Waals surface area contributed by atoms with Gasteiger partial charge in [-0.25, -0.2) is 4.79 Å². The highest BCUT2D eigenvalue weighted by Crippen LogP contribution is 2.13. The number of thiocarbonyl (C=S) groups is 1. The molecule has 0 unspecified atom stereocenters. The zero-order chi connectivity index (χ0) is 15.4. The zero-order valence-corrected chi connectivity index (χ0v) is 12.8. The lowest BCUT2D eigenvalue weighted by Crippen LogP contribution is -2.27. The molecule has 0 spiro atoms. The molecule has 2 N–H and O–H groups in total. The predicted octanol–water partition coefficient (Wildman–Crippen LogP) is 1.57. The quantitative estimate of drug-likeness (QED) is 0.849. The first-order chi connectivity index (χ1) is 9.97. The Kier molecular flexibility index (Phi) is 4.70. The molecule has 2 rings (SSSR count). The molecule has 6 heteroatoms. The van der Waals surface area contributed by atoms with Crippen molar-refractivity contribution in [2.24, 2.45) is 5.73 Å². The molecule has 0 atom stereocenters. The molecular formula is C15H17N3O2S. The van der Waals surface area contributed by atoms with Crippen LogP contribution in [0.5, 0.6) is 5.75 Å². The van der Waals surface area contributed by atoms with Gasteiger partial charge in [-0.15, -0.1) is 0 Å². The van der Waals surface area contributed by atoms with Crippen LogP contribution in [0.25, 0.3) is 0 Å². The molecule has 0 bridgehead atoms. The minimum Gasteiger partial charge on any atom is -0.492 e. The Morgan fingerprint density at radius 1 is 1.38 bits per heavy atom. The molecule has 21 heavy (non-hydrogen) atoms. The van der Waals surface area contributed by atoms with Gasteiger partial charge in [-0.05, 0) is 32.0 Å². The maximum Gasteiger partial charge on any atom is 0.348 e. The lowest BCUT2D eigenvalue weighted by molar-refractivity contribution is 0.294. The highest BCUT2D eigenvalue weighted by Gasteiger charge is 2.04. The van der Waals surface area contributed by atoms with Gasteiger partial charge in [0.05, 0.1) is 6.54 Å². The summed E-state index contributed by atoms with van der Waals surface area (Å²) < 4.78 is 7.23. The zero-order valence-electron chi connectivity index (χ0n) is 12.0. The molecular weight excluding hydrogens is 286 g/mol. The van der Waals surface area contributed by atoms with Gasteiger partial charge in [0, 0.05) is 17.0 Å². The Morgan fingerprint density at radius 2 is 2.14 bits per heavy atom. The first-order valence-corrected chi connectivity index (χ1v) is 6.96. The van der Waals surface area contributed by atoms with Crippen LogP contribution in [0.2, 0.25) is 0 Å². The van der Waals surface area contributed by atoms with Crippen LogP contribution in [-0.4, -0.2) is 21.1 Å². The number of benzene rings is 1. The van der Waals surface area contributed by atoms with Crippen LogP contribution in [0.1, 0.15) is 17.0 Å². The van der Waals surface area contributed by atoms with E-state index in [0.717, 1.165) is 17.0 Å². The Morgan fingerprint density at radius 3 is 2.81 bits per heavy atom. The molecule has 2 aromatic rings. The average Bonchev–Trinajstić information content (AvgIpc) is 2.42. The fourth-order valence-electron chi connectivity index (χ4n) is 2.04. The average molecular weight is 303 g/mol. The second-order valence-corrected chi connectivity index (χ2v) is 5.15. The monoisotopic (exact) mass is 303 g/mol. The second-order valence-electron chi connectivity index (χ2n) is 4.71. The number of hydrogen-bond acceptors (Lipinski definition) is 4. The van der Waals surface area contributed by atoms with E-state index < -0.39 is 0 Å². The van der Waals surface area contributed by atoms with Crippen LogP contribution in [0.15, 0.2) is 35.1 Å². The molecule has 0 radical (unpaired) electrons. The molecule has 1 aromatic carbocycles. The van der Waals surface area contributed by atoms with E-state index in [-0.39, 0.29) is 5.69 Å². The van der Waals surface area contributed by atoms with Crippen LogP contribution in [0.3, 0.4) is 0 Å². The first-order valence-electron chi connectivity index (χ1n) is 6.55. The number of ether oxygens (including phenoxy) is 1. The summed E-state index contributed by atoms with van der Waals surface area (Å²) in [4.78, 5) is 16.1. The van der Waals surface area contributed by atoms with Crippen molar-refractivity contribution < 1.29 is 4.74 Å². The van der Waals surface area contributed by atoms with Gasteiger partial charge in [-0.2, -0.15) is 4.98 Å². The maximum atomic E-state index is 11.8. The fourth-order valence-corrected chi connectivity index (χ4v) is 2.17. The maximum absolute atomic E-state index is 11.8. The Labute approximate surface area is 128 Å². The van der Waals surface area contributed by atoms with Gasteiger partial charge in [0.1, 0.15) is 17.3 Å². The Hall–Kier alpha value is -2.21. The topological polar surface area (TPSA) is 70.1 Å². The van der Waals surface area contributed by atoms with Gasteiger partial charge < -0.3 is 10.5 Å². The van der Waals surface area contributed by atoms with Gasteiger partial charge in [-0.3, -0.25) is 4.57 Å². The summed E-state index contributed by atoms with van der Waals surface area (Å²) in [6, 6.07) is 9.13. The molecule has 0 amide bonds. The SMILES string of the molecule is Cc1cc(C)n(CCOc2cccc(C(N)=S)c2)c(=O)n1. The van der Waals surface area contributed by atoms with Gasteiger partial charge >= 0.3 is 5.69 Å². The summed E-state index contributed by atoms with van der Waals surface area (Å²) in [5, 5.41) is 0. The third kappa shape index (κ3) is 3.88. The van der Waals surface area contributed by atoms with E-state index in [1.165, 1.54) is 0 Å². The smallest absolute Gasteiger partial charge is 0.348 e. The third-order valence-corrected chi connectivity index (χ3v) is 3.28. The lowest BCUT2D eigenvalue weighted by Gasteiger charge is -2.11. The molecule has 110 valence electrons. The largest absolute Gasteiger partial charge is 0.492 e. The molecule has 0 aliphatic carbocycles. The highest BCUT2D eigenvalue weighted by molar-refractivity contribution is 7.80. The number of nitrogens with two attached hydrogens (primary N) is 1. The molecule has 5 nitrogen and oxygen atoms in total.